The van der Waals surface area contributed by atoms with Gasteiger partial charge in [-0.1, -0.05) is 19.0 Å². The number of hydrogen-bond acceptors (Lipinski definition) is 4. The summed E-state index contributed by atoms with van der Waals surface area (Å²) in [5, 5.41) is 5.82. The van der Waals surface area contributed by atoms with E-state index in [9.17, 15) is 9.18 Å². The Morgan fingerprint density at radius 1 is 1.23 bits per heavy atom. The van der Waals surface area contributed by atoms with Gasteiger partial charge in [-0.05, 0) is 54.5 Å². The lowest BCUT2D eigenvalue weighted by Crippen LogP contribution is -2.37. The Labute approximate surface area is 173 Å². The first-order valence-electron chi connectivity index (χ1n) is 10.3. The molecule has 6 nitrogen and oxygen atoms in total. The number of pyridine rings is 1. The molecule has 4 aromatic rings. The minimum atomic E-state index is -0.228. The van der Waals surface area contributed by atoms with Crippen molar-refractivity contribution in [3.8, 4) is 0 Å². The maximum absolute atomic E-state index is 13.7. The van der Waals surface area contributed by atoms with Gasteiger partial charge in [0.15, 0.2) is 0 Å². The van der Waals surface area contributed by atoms with E-state index >= 15 is 0 Å². The molecule has 0 radical (unpaired) electrons. The van der Waals surface area contributed by atoms with E-state index in [2.05, 4.69) is 15.1 Å². The molecule has 30 heavy (non-hydrogen) atoms. The largest absolute Gasteiger partial charge is 0.361 e. The molecule has 0 saturated carbocycles. The predicted molar refractivity (Wildman–Crippen MR) is 112 cm³/mol. The Morgan fingerprint density at radius 2 is 2.03 bits per heavy atom. The van der Waals surface area contributed by atoms with Crippen LogP contribution in [0, 0.1) is 5.82 Å². The van der Waals surface area contributed by atoms with Crippen LogP contribution in [0.4, 0.5) is 4.39 Å². The van der Waals surface area contributed by atoms with Crippen LogP contribution in [-0.4, -0.2) is 39.0 Å². The molecule has 1 aliphatic heterocycles. The molecule has 1 N–H and O–H groups in total. The number of carbonyl (C=O) groups is 1. The second-order valence-electron chi connectivity index (χ2n) is 8.30. The van der Waals surface area contributed by atoms with E-state index in [1.54, 1.807) is 18.3 Å². The molecule has 5 rings (SSSR count). The zero-order chi connectivity index (χ0) is 20.8. The molecule has 154 valence electrons. The lowest BCUT2D eigenvalue weighted by Gasteiger charge is -2.32. The maximum Gasteiger partial charge on any atom is 0.257 e. The summed E-state index contributed by atoms with van der Waals surface area (Å²) in [4.78, 5) is 22.5. The van der Waals surface area contributed by atoms with Crippen LogP contribution in [0.25, 0.3) is 22.0 Å². The number of nitrogens with zero attached hydrogens (tertiary/aromatic N) is 3. The van der Waals surface area contributed by atoms with Crippen molar-refractivity contribution in [2.75, 3.05) is 13.1 Å². The molecule has 4 heterocycles. The van der Waals surface area contributed by atoms with Gasteiger partial charge >= 0.3 is 0 Å². The van der Waals surface area contributed by atoms with Crippen LogP contribution in [-0.2, 0) is 0 Å². The predicted octanol–water partition coefficient (Wildman–Crippen LogP) is 4.99. The Kier molecular flexibility index (Phi) is 4.53. The minimum absolute atomic E-state index is 0.0243. The van der Waals surface area contributed by atoms with Crippen molar-refractivity contribution in [1.82, 2.24) is 20.0 Å². The van der Waals surface area contributed by atoms with Crippen LogP contribution in [0.5, 0.6) is 0 Å². The molecule has 0 unspecified atom stereocenters. The van der Waals surface area contributed by atoms with Crippen molar-refractivity contribution in [2.24, 2.45) is 0 Å². The first-order valence-corrected chi connectivity index (χ1v) is 10.3. The normalized spacial score (nSPS) is 15.5. The average Bonchev–Trinajstić information content (AvgIpc) is 3.36. The van der Waals surface area contributed by atoms with Gasteiger partial charge in [0.05, 0.1) is 16.6 Å². The number of piperidine rings is 1. The summed E-state index contributed by atoms with van der Waals surface area (Å²) in [5.41, 5.74) is 3.91. The number of halogens is 1. The van der Waals surface area contributed by atoms with Gasteiger partial charge in [0.2, 0.25) is 0 Å². The number of nitrogens with one attached hydrogen (secondary N) is 1. The molecular formula is C23H23FN4O2. The monoisotopic (exact) mass is 406 g/mol. The van der Waals surface area contributed by atoms with E-state index in [1.165, 1.54) is 6.07 Å². The first-order chi connectivity index (χ1) is 14.5. The number of aromatic amines is 1. The summed E-state index contributed by atoms with van der Waals surface area (Å²) in [5.74, 6) is 0.239. The van der Waals surface area contributed by atoms with Crippen molar-refractivity contribution < 1.29 is 13.7 Å². The van der Waals surface area contributed by atoms with E-state index in [1.807, 2.05) is 31.0 Å². The smallest absolute Gasteiger partial charge is 0.257 e. The van der Waals surface area contributed by atoms with E-state index in [0.29, 0.717) is 30.3 Å². The van der Waals surface area contributed by atoms with E-state index < -0.39 is 0 Å². The fourth-order valence-electron chi connectivity index (χ4n) is 4.41. The highest BCUT2D eigenvalue weighted by Crippen LogP contribution is 2.34. The van der Waals surface area contributed by atoms with Gasteiger partial charge in [-0.3, -0.25) is 4.79 Å². The number of H-pyrrole nitrogens is 1. The number of carbonyl (C=O) groups excluding carboxylic acids is 1. The molecule has 1 aromatic carbocycles. The van der Waals surface area contributed by atoms with Crippen molar-refractivity contribution >= 4 is 27.9 Å². The standard InChI is InChI=1S/C23H23FN4O2/c1-13(2)21-18-9-15(11-26-22(18)30-27-21)23(29)28-7-5-14(6-8-28)19-12-25-20-4-3-16(24)10-17(19)20/h3-4,9-14,25H,5-8H2,1-2H3. The Hall–Kier alpha value is -3.22. The third-order valence-corrected chi connectivity index (χ3v) is 6.05. The number of rotatable bonds is 3. The van der Waals surface area contributed by atoms with Crippen LogP contribution in [0.15, 0.2) is 41.2 Å². The van der Waals surface area contributed by atoms with Gasteiger partial charge in [-0.25, -0.2) is 9.37 Å². The third kappa shape index (κ3) is 3.14. The Morgan fingerprint density at radius 3 is 2.80 bits per heavy atom. The van der Waals surface area contributed by atoms with Gasteiger partial charge in [0, 0.05) is 36.4 Å². The number of aromatic nitrogens is 3. The molecule has 0 atom stereocenters. The summed E-state index contributed by atoms with van der Waals surface area (Å²) in [7, 11) is 0. The van der Waals surface area contributed by atoms with Crippen LogP contribution >= 0.6 is 0 Å². The highest BCUT2D eigenvalue weighted by molar-refractivity contribution is 5.97. The van der Waals surface area contributed by atoms with E-state index in [-0.39, 0.29) is 17.6 Å². The van der Waals surface area contributed by atoms with Gasteiger partial charge in [-0.2, -0.15) is 0 Å². The molecule has 1 fully saturated rings. The van der Waals surface area contributed by atoms with E-state index in [4.69, 9.17) is 4.52 Å². The van der Waals surface area contributed by atoms with Crippen molar-refractivity contribution in [3.05, 3.63) is 59.3 Å². The Bertz CT molecular complexity index is 1230. The second kappa shape index (κ2) is 7.23. The topological polar surface area (TPSA) is 75.0 Å². The molecular weight excluding hydrogens is 383 g/mol. The fourth-order valence-corrected chi connectivity index (χ4v) is 4.41. The summed E-state index contributed by atoms with van der Waals surface area (Å²) in [6, 6.07) is 6.66. The lowest BCUT2D eigenvalue weighted by atomic mass is 9.89. The second-order valence-corrected chi connectivity index (χ2v) is 8.30. The zero-order valence-corrected chi connectivity index (χ0v) is 17.0. The van der Waals surface area contributed by atoms with Crippen molar-refractivity contribution in [2.45, 2.75) is 38.5 Å². The summed E-state index contributed by atoms with van der Waals surface area (Å²) in [6.07, 6.45) is 5.22. The summed E-state index contributed by atoms with van der Waals surface area (Å²) in [6.45, 7) is 5.38. The molecule has 7 heteroatoms. The van der Waals surface area contributed by atoms with Gasteiger partial charge in [-0.15, -0.1) is 0 Å². The minimum Gasteiger partial charge on any atom is -0.361 e. The van der Waals surface area contributed by atoms with Crippen molar-refractivity contribution in [1.29, 1.82) is 0 Å². The number of amides is 1. The van der Waals surface area contributed by atoms with Crippen LogP contribution in [0.3, 0.4) is 0 Å². The number of fused-ring (bicyclic) bond motifs is 2. The summed E-state index contributed by atoms with van der Waals surface area (Å²) < 4.78 is 19.0. The van der Waals surface area contributed by atoms with Gasteiger partial charge in [0.25, 0.3) is 11.6 Å². The molecule has 0 spiro atoms. The number of likely N-dealkylation sites (tertiary alicyclic amines) is 1. The fraction of sp³-hybridized carbons (Fsp3) is 0.348. The van der Waals surface area contributed by atoms with Crippen LogP contribution in [0.2, 0.25) is 0 Å². The molecule has 1 saturated heterocycles. The maximum atomic E-state index is 13.7. The average molecular weight is 406 g/mol. The van der Waals surface area contributed by atoms with Crippen molar-refractivity contribution in [3.63, 3.8) is 0 Å². The van der Waals surface area contributed by atoms with Gasteiger partial charge in [0.1, 0.15) is 5.82 Å². The molecule has 1 amide bonds. The molecule has 1 aliphatic rings. The molecule has 3 aromatic heterocycles. The van der Waals surface area contributed by atoms with Crippen LogP contribution < -0.4 is 0 Å². The van der Waals surface area contributed by atoms with E-state index in [0.717, 1.165) is 40.4 Å². The summed E-state index contributed by atoms with van der Waals surface area (Å²) >= 11 is 0. The number of benzene rings is 1. The van der Waals surface area contributed by atoms with Gasteiger partial charge < -0.3 is 14.4 Å². The zero-order valence-electron chi connectivity index (χ0n) is 17.0. The highest BCUT2D eigenvalue weighted by atomic mass is 19.1. The Balaban J connectivity index is 1.34. The van der Waals surface area contributed by atoms with Crippen LogP contribution in [0.1, 0.15) is 60.1 Å². The molecule has 0 bridgehead atoms. The highest BCUT2D eigenvalue weighted by Gasteiger charge is 2.27. The first kappa shape index (κ1) is 18.8. The number of hydrogen-bond donors (Lipinski definition) is 1. The SMILES string of the molecule is CC(C)c1noc2ncc(C(=O)N3CCC(c4c[nH]c5ccc(F)cc45)CC3)cc12. The quantitative estimate of drug-likeness (QED) is 0.520. The molecule has 0 aliphatic carbocycles. The third-order valence-electron chi connectivity index (χ3n) is 6.05. The lowest BCUT2D eigenvalue weighted by molar-refractivity contribution is 0.0713.